The number of carbonyl (C=O) groups excluding carboxylic acids is 3. The number of para-hydroxylation sites is 2. The molecular weight excluding hydrogens is 410 g/mol. The van der Waals surface area contributed by atoms with E-state index in [1.807, 2.05) is 36.4 Å². The van der Waals surface area contributed by atoms with E-state index in [1.54, 1.807) is 36.1 Å². The summed E-state index contributed by atoms with van der Waals surface area (Å²) in [5.74, 6) is -0.794. The number of nitrogens with zero attached hydrogens (tertiary/aromatic N) is 2. The van der Waals surface area contributed by atoms with E-state index in [0.717, 1.165) is 5.69 Å². The first-order valence-electron chi connectivity index (χ1n) is 10.7. The van der Waals surface area contributed by atoms with Gasteiger partial charge in [-0.2, -0.15) is 0 Å². The number of amides is 2. The largest absolute Gasteiger partial charge is 0.484 e. The van der Waals surface area contributed by atoms with E-state index in [2.05, 4.69) is 10.2 Å². The number of piperazine rings is 1. The number of ether oxygens (including phenoxy) is 2. The number of hydrogen-bond acceptors (Lipinski definition) is 6. The van der Waals surface area contributed by atoms with Crippen LogP contribution < -0.4 is 15.0 Å². The van der Waals surface area contributed by atoms with Crippen LogP contribution in [0.3, 0.4) is 0 Å². The quantitative estimate of drug-likeness (QED) is 0.632. The lowest BCUT2D eigenvalue weighted by atomic mass is 10.2. The molecule has 1 fully saturated rings. The molecular formula is C24H29N3O5. The molecule has 2 amide bonds. The molecule has 2 aromatic carbocycles. The first kappa shape index (κ1) is 23.1. The van der Waals surface area contributed by atoms with Crippen LogP contribution in [0.25, 0.3) is 0 Å². The van der Waals surface area contributed by atoms with Crippen LogP contribution in [0.4, 0.5) is 5.69 Å². The minimum Gasteiger partial charge on any atom is -0.484 e. The van der Waals surface area contributed by atoms with Crippen molar-refractivity contribution < 1.29 is 23.9 Å². The maximum absolute atomic E-state index is 12.7. The Morgan fingerprint density at radius 1 is 0.906 bits per heavy atom. The van der Waals surface area contributed by atoms with Gasteiger partial charge in [-0.05, 0) is 38.1 Å². The van der Waals surface area contributed by atoms with Gasteiger partial charge < -0.3 is 24.6 Å². The summed E-state index contributed by atoms with van der Waals surface area (Å²) >= 11 is 0. The fraction of sp³-hybridized carbons (Fsp3) is 0.375. The molecule has 3 rings (SSSR count). The number of nitrogens with one attached hydrogen (secondary N) is 1. The van der Waals surface area contributed by atoms with Gasteiger partial charge in [0, 0.05) is 31.9 Å². The highest BCUT2D eigenvalue weighted by atomic mass is 16.5. The van der Waals surface area contributed by atoms with E-state index in [1.165, 1.54) is 6.92 Å². The Morgan fingerprint density at radius 3 is 2.12 bits per heavy atom. The molecule has 0 spiro atoms. The second kappa shape index (κ2) is 11.2. The molecule has 1 saturated heterocycles. The van der Waals surface area contributed by atoms with Gasteiger partial charge in [0.15, 0.2) is 12.7 Å². The van der Waals surface area contributed by atoms with E-state index in [-0.39, 0.29) is 12.5 Å². The predicted molar refractivity (Wildman–Crippen MR) is 120 cm³/mol. The van der Waals surface area contributed by atoms with Crippen molar-refractivity contribution in [1.82, 2.24) is 10.2 Å². The molecule has 170 valence electrons. The molecule has 0 saturated carbocycles. The zero-order chi connectivity index (χ0) is 22.9. The first-order valence-corrected chi connectivity index (χ1v) is 10.7. The summed E-state index contributed by atoms with van der Waals surface area (Å²) in [6.45, 7) is 5.38. The number of carbonyl (C=O) groups is 3. The highest BCUT2D eigenvalue weighted by Gasteiger charge is 2.29. The standard InChI is InChI=1S/C24H29N3O5/c1-18(25-22(28)17-31-21-11-7-4-8-12-21)24(30)32-19(2)23(29)27-15-13-26(14-16-27)20-9-5-3-6-10-20/h3-12,18-19H,13-17H2,1-2H3,(H,25,28)/t18-,19+/m0/s1. The van der Waals surface area contributed by atoms with Crippen molar-refractivity contribution >= 4 is 23.5 Å². The number of anilines is 1. The average molecular weight is 440 g/mol. The molecule has 2 aromatic rings. The third-order valence-corrected chi connectivity index (χ3v) is 5.20. The average Bonchev–Trinajstić information content (AvgIpc) is 2.83. The van der Waals surface area contributed by atoms with E-state index in [4.69, 9.17) is 9.47 Å². The van der Waals surface area contributed by atoms with E-state index >= 15 is 0 Å². The number of esters is 1. The molecule has 32 heavy (non-hydrogen) atoms. The summed E-state index contributed by atoms with van der Waals surface area (Å²) < 4.78 is 10.7. The van der Waals surface area contributed by atoms with Gasteiger partial charge >= 0.3 is 5.97 Å². The molecule has 0 radical (unpaired) electrons. The van der Waals surface area contributed by atoms with Crippen molar-refractivity contribution in [3.63, 3.8) is 0 Å². The van der Waals surface area contributed by atoms with Crippen molar-refractivity contribution in [3.05, 3.63) is 60.7 Å². The highest BCUT2D eigenvalue weighted by molar-refractivity contribution is 5.88. The second-order valence-corrected chi connectivity index (χ2v) is 7.62. The van der Waals surface area contributed by atoms with Crippen LogP contribution in [-0.2, 0) is 19.1 Å². The first-order chi connectivity index (χ1) is 15.4. The fourth-order valence-corrected chi connectivity index (χ4v) is 3.42. The van der Waals surface area contributed by atoms with Gasteiger partial charge in [0.1, 0.15) is 11.8 Å². The van der Waals surface area contributed by atoms with Crippen LogP contribution in [0.5, 0.6) is 5.75 Å². The topological polar surface area (TPSA) is 88.2 Å². The predicted octanol–water partition coefficient (Wildman–Crippen LogP) is 1.85. The molecule has 0 aromatic heterocycles. The third kappa shape index (κ3) is 6.47. The van der Waals surface area contributed by atoms with Crippen molar-refractivity contribution in [1.29, 1.82) is 0 Å². The van der Waals surface area contributed by atoms with Gasteiger partial charge in [-0.3, -0.25) is 9.59 Å². The van der Waals surface area contributed by atoms with Gasteiger partial charge in [0.05, 0.1) is 0 Å². The van der Waals surface area contributed by atoms with Crippen LogP contribution >= 0.6 is 0 Å². The summed E-state index contributed by atoms with van der Waals surface area (Å²) in [5.41, 5.74) is 1.12. The Kier molecular flexibility index (Phi) is 8.08. The van der Waals surface area contributed by atoms with Crippen LogP contribution in [0.1, 0.15) is 13.8 Å². The summed E-state index contributed by atoms with van der Waals surface area (Å²) in [6.07, 6.45) is -0.925. The summed E-state index contributed by atoms with van der Waals surface area (Å²) in [7, 11) is 0. The van der Waals surface area contributed by atoms with Crippen molar-refractivity contribution in [3.8, 4) is 5.75 Å². The Hall–Kier alpha value is -3.55. The molecule has 1 aliphatic rings. The monoisotopic (exact) mass is 439 g/mol. The van der Waals surface area contributed by atoms with Crippen LogP contribution in [0.2, 0.25) is 0 Å². The molecule has 1 aliphatic heterocycles. The van der Waals surface area contributed by atoms with Crippen LogP contribution in [-0.4, -0.2) is 67.6 Å². The Labute approximate surface area is 188 Å². The Bertz CT molecular complexity index is 898. The number of hydrogen-bond donors (Lipinski definition) is 1. The van der Waals surface area contributed by atoms with Crippen molar-refractivity contribution in [2.45, 2.75) is 26.0 Å². The van der Waals surface area contributed by atoms with E-state index < -0.39 is 24.0 Å². The van der Waals surface area contributed by atoms with Crippen LogP contribution in [0.15, 0.2) is 60.7 Å². The third-order valence-electron chi connectivity index (χ3n) is 5.20. The minimum absolute atomic E-state index is 0.220. The Balaban J connectivity index is 1.40. The fourth-order valence-electron chi connectivity index (χ4n) is 3.42. The SMILES string of the molecule is C[C@H](NC(=O)COc1ccccc1)C(=O)O[C@H](C)C(=O)N1CCN(c2ccccc2)CC1. The van der Waals surface area contributed by atoms with Gasteiger partial charge in [0.2, 0.25) is 0 Å². The van der Waals surface area contributed by atoms with Gasteiger partial charge in [-0.15, -0.1) is 0 Å². The highest BCUT2D eigenvalue weighted by Crippen LogP contribution is 2.16. The van der Waals surface area contributed by atoms with Crippen molar-refractivity contribution in [2.24, 2.45) is 0 Å². The lowest BCUT2D eigenvalue weighted by Gasteiger charge is -2.37. The molecule has 8 heteroatoms. The summed E-state index contributed by atoms with van der Waals surface area (Å²) in [5, 5.41) is 2.53. The zero-order valence-electron chi connectivity index (χ0n) is 18.4. The smallest absolute Gasteiger partial charge is 0.329 e. The molecule has 0 aliphatic carbocycles. The maximum Gasteiger partial charge on any atom is 0.329 e. The lowest BCUT2D eigenvalue weighted by molar-refractivity contribution is -0.161. The van der Waals surface area contributed by atoms with E-state index in [0.29, 0.717) is 31.9 Å². The molecule has 0 bridgehead atoms. The second-order valence-electron chi connectivity index (χ2n) is 7.62. The Morgan fingerprint density at radius 2 is 1.50 bits per heavy atom. The maximum atomic E-state index is 12.7. The number of benzene rings is 2. The lowest BCUT2D eigenvalue weighted by Crippen LogP contribution is -2.52. The molecule has 8 nitrogen and oxygen atoms in total. The summed E-state index contributed by atoms with van der Waals surface area (Å²) in [4.78, 5) is 41.0. The molecule has 2 atom stereocenters. The molecule has 1 N–H and O–H groups in total. The van der Waals surface area contributed by atoms with Crippen LogP contribution in [0, 0.1) is 0 Å². The van der Waals surface area contributed by atoms with Crippen molar-refractivity contribution in [2.75, 3.05) is 37.7 Å². The zero-order valence-corrected chi connectivity index (χ0v) is 18.4. The van der Waals surface area contributed by atoms with Gasteiger partial charge in [0.25, 0.3) is 11.8 Å². The van der Waals surface area contributed by atoms with E-state index in [9.17, 15) is 14.4 Å². The number of rotatable bonds is 8. The van der Waals surface area contributed by atoms with Gasteiger partial charge in [-0.25, -0.2) is 4.79 Å². The normalized spacial score (nSPS) is 15.4. The molecule has 0 unspecified atom stereocenters. The minimum atomic E-state index is -0.925. The van der Waals surface area contributed by atoms with Gasteiger partial charge in [-0.1, -0.05) is 36.4 Å². The molecule has 1 heterocycles. The summed E-state index contributed by atoms with van der Waals surface area (Å²) in [6, 6.07) is 18.0.